The quantitative estimate of drug-likeness (QED) is 0.231. The molecule has 0 aromatic carbocycles. The van der Waals surface area contributed by atoms with Crippen molar-refractivity contribution in [2.45, 2.75) is 83.7 Å². The van der Waals surface area contributed by atoms with Crippen molar-refractivity contribution in [3.8, 4) is 0 Å². The number of methoxy groups -OCH3 is 1. The number of carbonyl (C=O) groups excluding carboxylic acids is 3. The van der Waals surface area contributed by atoms with Crippen LogP contribution >= 0.6 is 0 Å². The highest BCUT2D eigenvalue weighted by Gasteiger charge is 2.48. The maximum atomic E-state index is 12.5. The molecule has 1 N–H and O–H groups in total. The zero-order chi connectivity index (χ0) is 23.1. The monoisotopic (exact) mass is 439 g/mol. The minimum atomic E-state index is -2.27. The number of esters is 1. The number of ketones is 1. The van der Waals surface area contributed by atoms with Gasteiger partial charge in [-0.1, -0.05) is 47.6 Å². The van der Waals surface area contributed by atoms with Gasteiger partial charge in [0.2, 0.25) is 5.78 Å². The number of hydrogen-bond donors (Lipinski definition) is 1. The van der Waals surface area contributed by atoms with Gasteiger partial charge in [0.1, 0.15) is 0 Å². The molecule has 0 heterocycles. The number of nitrogens with one attached hydrogen (secondary N) is 1. The molecule has 1 atom stereocenters. The van der Waals surface area contributed by atoms with Crippen LogP contribution in [-0.4, -0.2) is 45.6 Å². The van der Waals surface area contributed by atoms with E-state index in [9.17, 15) is 14.4 Å². The van der Waals surface area contributed by atoms with E-state index in [0.717, 1.165) is 5.57 Å². The second-order valence-corrected chi connectivity index (χ2v) is 14.0. The van der Waals surface area contributed by atoms with Crippen LogP contribution in [0.2, 0.25) is 16.6 Å². The van der Waals surface area contributed by atoms with E-state index in [0.29, 0.717) is 36.0 Å². The molecule has 0 saturated heterocycles. The molecule has 7 nitrogen and oxygen atoms in total. The summed E-state index contributed by atoms with van der Waals surface area (Å²) in [5, 5.41) is 2.86. The first-order valence-electron chi connectivity index (χ1n) is 10.6. The van der Waals surface area contributed by atoms with Crippen molar-refractivity contribution in [3.05, 3.63) is 23.8 Å². The molecule has 0 aromatic heterocycles. The number of allylic oxidation sites excluding steroid dienone is 2. The van der Waals surface area contributed by atoms with Crippen LogP contribution in [0.25, 0.3) is 0 Å². The van der Waals surface area contributed by atoms with E-state index in [1.807, 2.05) is 0 Å². The third kappa shape index (κ3) is 6.04. The molecule has 30 heavy (non-hydrogen) atoms. The minimum absolute atomic E-state index is 0.321. The normalized spacial score (nSPS) is 19.3. The zero-order valence-electron chi connectivity index (χ0n) is 19.5. The van der Waals surface area contributed by atoms with Gasteiger partial charge < -0.3 is 19.2 Å². The summed E-state index contributed by atoms with van der Waals surface area (Å²) < 4.78 is 16.4. The lowest BCUT2D eigenvalue weighted by atomic mass is 9.97. The summed E-state index contributed by atoms with van der Waals surface area (Å²) >= 11 is 0. The Morgan fingerprint density at radius 1 is 1.07 bits per heavy atom. The van der Waals surface area contributed by atoms with E-state index < -0.39 is 25.9 Å². The summed E-state index contributed by atoms with van der Waals surface area (Å²) in [4.78, 5) is 36.0. The van der Waals surface area contributed by atoms with Crippen molar-refractivity contribution < 1.29 is 28.3 Å². The maximum Gasteiger partial charge on any atom is 0.393 e. The molecule has 0 saturated carbocycles. The van der Waals surface area contributed by atoms with Gasteiger partial charge in [-0.15, -0.1) is 0 Å². The van der Waals surface area contributed by atoms with Crippen molar-refractivity contribution >= 4 is 26.2 Å². The van der Waals surface area contributed by atoms with Gasteiger partial charge in [0.05, 0.1) is 0 Å². The van der Waals surface area contributed by atoms with Gasteiger partial charge in [-0.2, -0.15) is 0 Å². The highest BCUT2D eigenvalue weighted by molar-refractivity contribution is 6.78. The molecule has 1 rings (SSSR count). The van der Waals surface area contributed by atoms with Gasteiger partial charge in [0.15, 0.2) is 0 Å². The summed E-state index contributed by atoms with van der Waals surface area (Å²) in [5.41, 5.74) is 1.76. The predicted molar refractivity (Wildman–Crippen MR) is 119 cm³/mol. The topological polar surface area (TPSA) is 90.9 Å². The third-order valence-corrected chi connectivity index (χ3v) is 11.6. The van der Waals surface area contributed by atoms with Crippen molar-refractivity contribution in [2.24, 2.45) is 0 Å². The van der Waals surface area contributed by atoms with E-state index in [-0.39, 0.29) is 6.09 Å². The molecule has 0 aliphatic heterocycles. The standard InChI is InChI=1S/C22H37NO6Si/c1-15(2)30(16(3)4,17(5)6)29-21(26)23-13-9-10-19-11-12-20(25)22(14-19,27-8)28-18(7)24/h11-12,14-17H,9-10,13H2,1-8H3,(H,23,26). The molecule has 1 aliphatic rings. The van der Waals surface area contributed by atoms with Gasteiger partial charge in [-0.3, -0.25) is 9.59 Å². The molecule has 0 spiro atoms. The van der Waals surface area contributed by atoms with Crippen molar-refractivity contribution in [1.82, 2.24) is 5.32 Å². The second kappa shape index (κ2) is 10.9. The first kappa shape index (κ1) is 26.1. The number of ether oxygens (including phenoxy) is 2. The van der Waals surface area contributed by atoms with Crippen LogP contribution in [0.1, 0.15) is 61.3 Å². The SMILES string of the molecule is COC1(OC(C)=O)C=C(CCCNC(=O)O[Si](C(C)C)(C(C)C)C(C)C)C=CC1=O. The Bertz CT molecular complexity index is 676. The molecule has 170 valence electrons. The average molecular weight is 440 g/mol. The average Bonchev–Trinajstić information content (AvgIpc) is 2.64. The summed E-state index contributed by atoms with van der Waals surface area (Å²) in [7, 11) is -0.948. The fraction of sp³-hybridized carbons (Fsp3) is 0.682. The van der Waals surface area contributed by atoms with Crippen LogP contribution in [0.3, 0.4) is 0 Å². The summed E-state index contributed by atoms with van der Waals surface area (Å²) in [6.07, 6.45) is 5.39. The molecular weight excluding hydrogens is 402 g/mol. The minimum Gasteiger partial charge on any atom is -0.503 e. The van der Waals surface area contributed by atoms with Crippen molar-refractivity contribution in [3.63, 3.8) is 0 Å². The second-order valence-electron chi connectivity index (χ2n) is 8.62. The van der Waals surface area contributed by atoms with Crippen molar-refractivity contribution in [1.29, 1.82) is 0 Å². The summed E-state index contributed by atoms with van der Waals surface area (Å²) in [6, 6.07) is 0. The predicted octanol–water partition coefficient (Wildman–Crippen LogP) is 4.64. The van der Waals surface area contributed by atoms with Crippen LogP contribution in [0, 0.1) is 0 Å². The molecule has 1 aliphatic carbocycles. The van der Waals surface area contributed by atoms with Gasteiger partial charge >= 0.3 is 12.1 Å². The number of carbonyl (C=O) groups is 3. The molecule has 0 radical (unpaired) electrons. The first-order chi connectivity index (χ1) is 13.9. The van der Waals surface area contributed by atoms with Gasteiger partial charge in [-0.25, -0.2) is 4.79 Å². The Morgan fingerprint density at radius 3 is 2.10 bits per heavy atom. The molecule has 0 aromatic rings. The Morgan fingerprint density at radius 2 is 1.63 bits per heavy atom. The molecule has 1 unspecified atom stereocenters. The summed E-state index contributed by atoms with van der Waals surface area (Å²) in [5.74, 6) is -2.75. The lowest BCUT2D eigenvalue weighted by molar-refractivity contribution is -0.199. The van der Waals surface area contributed by atoms with Crippen LogP contribution < -0.4 is 5.32 Å². The van der Waals surface area contributed by atoms with Crippen LogP contribution in [0.15, 0.2) is 23.8 Å². The maximum absolute atomic E-state index is 12.5. The Kier molecular flexibility index (Phi) is 9.49. The molecule has 1 amide bonds. The molecule has 0 fully saturated rings. The molecule has 0 bridgehead atoms. The number of hydrogen-bond acceptors (Lipinski definition) is 6. The van der Waals surface area contributed by atoms with Gasteiger partial charge in [-0.05, 0) is 47.2 Å². The lowest BCUT2D eigenvalue weighted by Gasteiger charge is -2.41. The Labute approximate surface area is 181 Å². The Hall–Kier alpha value is -1.93. The highest BCUT2D eigenvalue weighted by atomic mass is 28.4. The number of rotatable bonds is 10. The summed E-state index contributed by atoms with van der Waals surface area (Å²) in [6.45, 7) is 14.5. The fourth-order valence-corrected chi connectivity index (χ4v) is 9.45. The van der Waals surface area contributed by atoms with Crippen molar-refractivity contribution in [2.75, 3.05) is 13.7 Å². The van der Waals surface area contributed by atoms with Gasteiger partial charge in [0.25, 0.3) is 14.1 Å². The van der Waals surface area contributed by atoms with E-state index >= 15 is 0 Å². The third-order valence-electron chi connectivity index (χ3n) is 5.65. The zero-order valence-corrected chi connectivity index (χ0v) is 20.5. The smallest absolute Gasteiger partial charge is 0.393 e. The number of amides is 1. The van der Waals surface area contributed by atoms with E-state index in [4.69, 9.17) is 13.9 Å². The van der Waals surface area contributed by atoms with Crippen LogP contribution in [0.4, 0.5) is 4.79 Å². The molecule has 8 heteroatoms. The van der Waals surface area contributed by atoms with E-state index in [2.05, 4.69) is 46.9 Å². The van der Waals surface area contributed by atoms with E-state index in [1.54, 1.807) is 6.08 Å². The highest BCUT2D eigenvalue weighted by Crippen LogP contribution is 2.42. The first-order valence-corrected chi connectivity index (χ1v) is 12.7. The lowest BCUT2D eigenvalue weighted by Crippen LogP contribution is -2.51. The van der Waals surface area contributed by atoms with Crippen LogP contribution in [-0.2, 0) is 23.5 Å². The molecular formula is C22H37NO6Si. The van der Waals surface area contributed by atoms with Gasteiger partial charge in [0, 0.05) is 20.6 Å². The largest absolute Gasteiger partial charge is 0.503 e. The van der Waals surface area contributed by atoms with Crippen LogP contribution in [0.5, 0.6) is 0 Å². The fourth-order valence-electron chi connectivity index (χ4n) is 4.35. The van der Waals surface area contributed by atoms with E-state index in [1.165, 1.54) is 26.2 Å². The Balaban J connectivity index is 2.68.